The Morgan fingerprint density at radius 2 is 1.79 bits per heavy atom. The van der Waals surface area contributed by atoms with Gasteiger partial charge in [0, 0.05) is 0 Å². The third-order valence-corrected chi connectivity index (χ3v) is 2.46. The molecular weight excluding hydrogens is 199 g/mol. The van der Waals surface area contributed by atoms with E-state index < -0.39 is 0 Å². The highest BCUT2D eigenvalue weighted by molar-refractivity contribution is 7.71. The van der Waals surface area contributed by atoms with Gasteiger partial charge in [0.05, 0.1) is 11.0 Å². The molecule has 0 aliphatic carbocycles. The number of fused-ring (bicyclic) bond motifs is 1. The van der Waals surface area contributed by atoms with Crippen LogP contribution in [0.4, 0.5) is 4.39 Å². The van der Waals surface area contributed by atoms with E-state index in [2.05, 4.69) is 9.97 Å². The van der Waals surface area contributed by atoms with Gasteiger partial charge in [-0.05, 0) is 35.8 Å². The van der Waals surface area contributed by atoms with Gasteiger partial charge in [-0.15, -0.1) is 0 Å². The summed E-state index contributed by atoms with van der Waals surface area (Å²) in [5.74, 6) is -0.00554. The highest BCUT2D eigenvalue weighted by Gasteiger charge is 2.09. The minimum Gasteiger partial charge on any atom is -0.331 e. The molecule has 74 valence electrons. The SMILES string of the molecule is CC(C)c1cc2[nH]c(=S)[nH]c2cc1F. The van der Waals surface area contributed by atoms with Crippen LogP contribution in [0.2, 0.25) is 0 Å². The summed E-state index contributed by atoms with van der Waals surface area (Å²) in [6.07, 6.45) is 0. The zero-order valence-electron chi connectivity index (χ0n) is 8.02. The van der Waals surface area contributed by atoms with Crippen molar-refractivity contribution in [1.82, 2.24) is 9.97 Å². The molecule has 0 bridgehead atoms. The molecule has 0 aliphatic heterocycles. The lowest BCUT2D eigenvalue weighted by Gasteiger charge is -2.06. The van der Waals surface area contributed by atoms with Crippen molar-refractivity contribution in [1.29, 1.82) is 0 Å². The summed E-state index contributed by atoms with van der Waals surface area (Å²) >= 11 is 4.93. The number of aromatic nitrogens is 2. The smallest absolute Gasteiger partial charge is 0.175 e. The first-order valence-corrected chi connectivity index (χ1v) is 4.90. The molecule has 0 amide bonds. The van der Waals surface area contributed by atoms with Crippen LogP contribution in [0.5, 0.6) is 0 Å². The topological polar surface area (TPSA) is 31.6 Å². The summed E-state index contributed by atoms with van der Waals surface area (Å²) in [6, 6.07) is 3.29. The summed E-state index contributed by atoms with van der Waals surface area (Å²) in [7, 11) is 0. The van der Waals surface area contributed by atoms with Gasteiger partial charge in [0.15, 0.2) is 4.77 Å². The summed E-state index contributed by atoms with van der Waals surface area (Å²) in [6.45, 7) is 3.93. The Morgan fingerprint density at radius 3 is 2.36 bits per heavy atom. The maximum Gasteiger partial charge on any atom is 0.175 e. The maximum absolute atomic E-state index is 13.5. The predicted octanol–water partition coefficient (Wildman–Crippen LogP) is 3.49. The third-order valence-electron chi connectivity index (χ3n) is 2.26. The van der Waals surface area contributed by atoms with Gasteiger partial charge in [0.2, 0.25) is 0 Å². The molecule has 4 heteroatoms. The molecule has 0 atom stereocenters. The van der Waals surface area contributed by atoms with Crippen molar-refractivity contribution in [2.75, 3.05) is 0 Å². The largest absolute Gasteiger partial charge is 0.331 e. The second kappa shape index (κ2) is 3.20. The van der Waals surface area contributed by atoms with E-state index in [1.807, 2.05) is 19.9 Å². The number of nitrogens with one attached hydrogen (secondary N) is 2. The summed E-state index contributed by atoms with van der Waals surface area (Å²) in [5.41, 5.74) is 2.29. The third kappa shape index (κ3) is 1.46. The fraction of sp³-hybridized carbons (Fsp3) is 0.300. The Kier molecular flexibility index (Phi) is 2.15. The van der Waals surface area contributed by atoms with Crippen molar-refractivity contribution in [2.24, 2.45) is 0 Å². The number of benzene rings is 1. The van der Waals surface area contributed by atoms with Crippen molar-refractivity contribution in [3.63, 3.8) is 0 Å². The average Bonchev–Trinajstić information content (AvgIpc) is 2.42. The first kappa shape index (κ1) is 9.40. The molecule has 0 saturated carbocycles. The van der Waals surface area contributed by atoms with Crippen LogP contribution in [0.15, 0.2) is 12.1 Å². The van der Waals surface area contributed by atoms with E-state index in [1.54, 1.807) is 0 Å². The summed E-state index contributed by atoms with van der Waals surface area (Å²) < 4.78 is 14.0. The van der Waals surface area contributed by atoms with Crippen LogP contribution in [0.3, 0.4) is 0 Å². The van der Waals surface area contributed by atoms with E-state index in [4.69, 9.17) is 12.2 Å². The number of hydrogen-bond donors (Lipinski definition) is 2. The van der Waals surface area contributed by atoms with Gasteiger partial charge in [0.25, 0.3) is 0 Å². The molecular formula is C10H11FN2S. The lowest BCUT2D eigenvalue weighted by atomic mass is 10.0. The monoisotopic (exact) mass is 210 g/mol. The summed E-state index contributed by atoms with van der Waals surface area (Å²) in [4.78, 5) is 5.86. The molecule has 0 aliphatic rings. The van der Waals surface area contributed by atoms with E-state index in [1.165, 1.54) is 6.07 Å². The number of hydrogen-bond acceptors (Lipinski definition) is 1. The minimum atomic E-state index is -0.183. The fourth-order valence-corrected chi connectivity index (χ4v) is 1.74. The van der Waals surface area contributed by atoms with Crippen LogP contribution in [-0.4, -0.2) is 9.97 Å². The quantitative estimate of drug-likeness (QED) is 0.694. The van der Waals surface area contributed by atoms with Crippen molar-refractivity contribution in [3.05, 3.63) is 28.3 Å². The molecule has 1 aromatic heterocycles. The number of imidazole rings is 1. The van der Waals surface area contributed by atoms with Gasteiger partial charge in [-0.2, -0.15) is 0 Å². The Morgan fingerprint density at radius 1 is 1.21 bits per heavy atom. The van der Waals surface area contributed by atoms with Gasteiger partial charge in [-0.1, -0.05) is 13.8 Å². The van der Waals surface area contributed by atoms with Crippen LogP contribution in [0, 0.1) is 10.6 Å². The minimum absolute atomic E-state index is 0.177. The standard InChI is InChI=1S/C10H11FN2S/c1-5(2)6-3-8-9(4-7(6)11)13-10(14)12-8/h3-5H,1-2H3,(H2,12,13,14). The first-order chi connectivity index (χ1) is 6.58. The van der Waals surface area contributed by atoms with Crippen LogP contribution >= 0.6 is 12.2 Å². The molecule has 0 spiro atoms. The molecule has 1 heterocycles. The molecule has 0 fully saturated rings. The predicted molar refractivity (Wildman–Crippen MR) is 57.5 cm³/mol. The van der Waals surface area contributed by atoms with Crippen LogP contribution < -0.4 is 0 Å². The second-order valence-corrected chi connectivity index (χ2v) is 4.06. The molecule has 0 radical (unpaired) electrons. The van der Waals surface area contributed by atoms with Gasteiger partial charge in [0.1, 0.15) is 5.82 Å². The number of aromatic amines is 2. The van der Waals surface area contributed by atoms with Crippen molar-refractivity contribution in [2.45, 2.75) is 19.8 Å². The molecule has 2 N–H and O–H groups in total. The lowest BCUT2D eigenvalue weighted by molar-refractivity contribution is 0.600. The van der Waals surface area contributed by atoms with E-state index in [0.29, 0.717) is 10.3 Å². The molecule has 14 heavy (non-hydrogen) atoms. The maximum atomic E-state index is 13.5. The van der Waals surface area contributed by atoms with Crippen LogP contribution in [-0.2, 0) is 0 Å². The van der Waals surface area contributed by atoms with E-state index in [9.17, 15) is 4.39 Å². The lowest BCUT2D eigenvalue weighted by Crippen LogP contribution is -1.92. The molecule has 2 aromatic rings. The summed E-state index contributed by atoms with van der Waals surface area (Å²) in [5, 5.41) is 0. The zero-order chi connectivity index (χ0) is 10.3. The van der Waals surface area contributed by atoms with Crippen LogP contribution in [0.1, 0.15) is 25.3 Å². The van der Waals surface area contributed by atoms with Crippen molar-refractivity contribution < 1.29 is 4.39 Å². The van der Waals surface area contributed by atoms with E-state index in [0.717, 1.165) is 11.0 Å². The Labute approximate surface area is 86.2 Å². The van der Waals surface area contributed by atoms with Gasteiger partial charge in [-0.3, -0.25) is 0 Å². The number of rotatable bonds is 1. The van der Waals surface area contributed by atoms with Crippen LogP contribution in [0.25, 0.3) is 11.0 Å². The van der Waals surface area contributed by atoms with E-state index in [-0.39, 0.29) is 11.7 Å². The molecule has 0 unspecified atom stereocenters. The Hall–Kier alpha value is -1.16. The van der Waals surface area contributed by atoms with Crippen molar-refractivity contribution in [3.8, 4) is 0 Å². The highest BCUT2D eigenvalue weighted by atomic mass is 32.1. The molecule has 2 nitrogen and oxygen atoms in total. The van der Waals surface area contributed by atoms with Gasteiger partial charge < -0.3 is 9.97 Å². The Balaban J connectivity index is 2.76. The Bertz CT molecular complexity index is 524. The highest BCUT2D eigenvalue weighted by Crippen LogP contribution is 2.22. The zero-order valence-corrected chi connectivity index (χ0v) is 8.83. The van der Waals surface area contributed by atoms with Crippen molar-refractivity contribution >= 4 is 23.3 Å². The van der Waals surface area contributed by atoms with Gasteiger partial charge >= 0.3 is 0 Å². The normalized spacial score (nSPS) is 11.4. The molecule has 1 aromatic carbocycles. The first-order valence-electron chi connectivity index (χ1n) is 4.49. The molecule has 0 saturated heterocycles. The average molecular weight is 210 g/mol. The molecule has 2 rings (SSSR count). The number of H-pyrrole nitrogens is 2. The number of halogens is 1. The van der Waals surface area contributed by atoms with E-state index >= 15 is 0 Å². The second-order valence-electron chi connectivity index (χ2n) is 3.65. The fourth-order valence-electron chi connectivity index (χ4n) is 1.52. The van der Waals surface area contributed by atoms with Gasteiger partial charge in [-0.25, -0.2) is 4.39 Å².